The Morgan fingerprint density at radius 3 is 0.885 bits per heavy atom. The topological polar surface area (TPSA) is 15.7 Å². The van der Waals surface area contributed by atoms with Crippen LogP contribution in [0.2, 0.25) is 0 Å². The second-order valence-corrected chi connectivity index (χ2v) is 16.7. The fourth-order valence-corrected chi connectivity index (χ4v) is 12.6. The van der Waals surface area contributed by atoms with Crippen molar-refractivity contribution in [3.05, 3.63) is 218 Å². The van der Waals surface area contributed by atoms with Crippen molar-refractivity contribution in [2.45, 2.75) is 0 Å². The van der Waals surface area contributed by atoms with Crippen LogP contribution in [-0.2, 0) is 0 Å². The molecule has 0 atom stereocenters. The Labute approximate surface area is 306 Å². The van der Waals surface area contributed by atoms with E-state index in [9.17, 15) is 0 Å². The summed E-state index contributed by atoms with van der Waals surface area (Å²) in [6.45, 7) is 0. The summed E-state index contributed by atoms with van der Waals surface area (Å²) >= 11 is 0. The molecule has 0 saturated carbocycles. The van der Waals surface area contributed by atoms with Crippen molar-refractivity contribution in [2.24, 2.45) is 0 Å². The number of para-hydroxylation sites is 4. The van der Waals surface area contributed by atoms with Crippen molar-refractivity contribution in [3.63, 3.8) is 0 Å². The molecule has 8 aromatic rings. The Kier molecular flexibility index (Phi) is 8.20. The van der Waals surface area contributed by atoms with Gasteiger partial charge in [-0.25, -0.2) is 0 Å². The summed E-state index contributed by atoms with van der Waals surface area (Å²) < 4.78 is 7.18. The standard InChI is InChI=1S/C48H36N2OSi/c1-7-19-37(20-8-1)49(38-21-9-2-10-22-38)41-31-33-47-45(35-41)51-46-36-42(50(39-23-11-3-12-24-39)40-25-13-4-14-26-40)32-34-48(46)52(47,43-27-15-5-16-28-43)44-29-17-6-18-30-44/h1-36H/q-1. The van der Waals surface area contributed by atoms with Gasteiger partial charge in [0, 0.05) is 46.3 Å². The summed E-state index contributed by atoms with van der Waals surface area (Å²) in [6.07, 6.45) is 0. The lowest BCUT2D eigenvalue weighted by Crippen LogP contribution is -2.76. The molecule has 8 aromatic carbocycles. The van der Waals surface area contributed by atoms with Crippen LogP contribution in [0, 0.1) is 0 Å². The smallest absolute Gasteiger partial charge is 0.0991 e. The Balaban J connectivity index is 1.30. The molecule has 3 nitrogen and oxygen atoms in total. The van der Waals surface area contributed by atoms with Gasteiger partial charge in [0.25, 0.3) is 0 Å². The highest BCUT2D eigenvalue weighted by Crippen LogP contribution is 2.41. The molecule has 0 aliphatic carbocycles. The van der Waals surface area contributed by atoms with Gasteiger partial charge in [-0.05, 0) is 68.7 Å². The molecule has 1 aliphatic rings. The van der Waals surface area contributed by atoms with Gasteiger partial charge >= 0.3 is 0 Å². The molecule has 0 saturated heterocycles. The van der Waals surface area contributed by atoms with Crippen LogP contribution in [0.5, 0.6) is 11.5 Å². The lowest BCUT2D eigenvalue weighted by atomic mass is 10.1. The van der Waals surface area contributed by atoms with Gasteiger partial charge in [0.05, 0.1) is 11.5 Å². The summed E-state index contributed by atoms with van der Waals surface area (Å²) in [4.78, 5) is 4.60. The van der Waals surface area contributed by atoms with Crippen LogP contribution in [-0.4, -0.2) is 8.07 Å². The minimum atomic E-state index is -2.87. The quantitative estimate of drug-likeness (QED) is 0.148. The van der Waals surface area contributed by atoms with Gasteiger partial charge in [-0.1, -0.05) is 146 Å². The van der Waals surface area contributed by atoms with Crippen LogP contribution < -0.4 is 35.3 Å². The summed E-state index contributed by atoms with van der Waals surface area (Å²) in [7, 11) is -2.87. The number of hydrogen-bond donors (Lipinski definition) is 0. The Hall–Kier alpha value is -6.62. The van der Waals surface area contributed by atoms with E-state index < -0.39 is 8.07 Å². The molecule has 0 N–H and O–H groups in total. The van der Waals surface area contributed by atoms with Crippen molar-refractivity contribution in [1.82, 2.24) is 0 Å². The van der Waals surface area contributed by atoms with E-state index in [4.69, 9.17) is 4.74 Å². The summed E-state index contributed by atoms with van der Waals surface area (Å²) in [6, 6.07) is 78.0. The minimum absolute atomic E-state index is 0.879. The zero-order valence-corrected chi connectivity index (χ0v) is 29.6. The molecule has 1 heterocycles. The molecule has 0 unspecified atom stereocenters. The lowest BCUT2D eigenvalue weighted by Gasteiger charge is -2.51. The fraction of sp³-hybridized carbons (Fsp3) is 0. The van der Waals surface area contributed by atoms with E-state index in [1.165, 1.54) is 20.7 Å². The third-order valence-corrected chi connectivity index (χ3v) is 14.8. The predicted octanol–water partition coefficient (Wildman–Crippen LogP) is 10.1. The van der Waals surface area contributed by atoms with Crippen molar-refractivity contribution >= 4 is 62.9 Å². The van der Waals surface area contributed by atoms with Crippen molar-refractivity contribution in [1.29, 1.82) is 0 Å². The summed E-state index contributed by atoms with van der Waals surface area (Å²) in [5.41, 5.74) is 6.42. The highest BCUT2D eigenvalue weighted by molar-refractivity contribution is 7.20. The molecular formula is C48H36N2OSi-. The van der Waals surface area contributed by atoms with Crippen LogP contribution >= 0.6 is 0 Å². The van der Waals surface area contributed by atoms with Gasteiger partial charge in [0.2, 0.25) is 0 Å². The first-order valence-corrected chi connectivity index (χ1v) is 19.7. The Morgan fingerprint density at radius 1 is 0.288 bits per heavy atom. The van der Waals surface area contributed by atoms with E-state index in [1.54, 1.807) is 0 Å². The third-order valence-electron chi connectivity index (χ3n) is 9.95. The molecule has 0 aromatic heterocycles. The number of benzene rings is 8. The van der Waals surface area contributed by atoms with Gasteiger partial charge in [0.1, 0.15) is 0 Å². The first kappa shape index (κ1) is 31.4. The third kappa shape index (κ3) is 5.47. The molecule has 0 radical (unpaired) electrons. The van der Waals surface area contributed by atoms with Crippen LogP contribution in [0.4, 0.5) is 34.1 Å². The molecule has 52 heavy (non-hydrogen) atoms. The van der Waals surface area contributed by atoms with Crippen LogP contribution in [0.15, 0.2) is 218 Å². The van der Waals surface area contributed by atoms with Gasteiger partial charge in [-0.2, -0.15) is 10.4 Å². The van der Waals surface area contributed by atoms with E-state index >= 15 is 0 Å². The molecule has 0 fully saturated rings. The highest BCUT2D eigenvalue weighted by Gasteiger charge is 2.36. The van der Waals surface area contributed by atoms with Gasteiger partial charge in [-0.15, -0.1) is 10.4 Å². The number of nitrogens with zero attached hydrogens (tertiary/aromatic N) is 2. The van der Waals surface area contributed by atoms with E-state index in [2.05, 4.69) is 228 Å². The number of rotatable bonds is 8. The average molecular weight is 685 g/mol. The van der Waals surface area contributed by atoms with Crippen molar-refractivity contribution in [2.75, 3.05) is 9.80 Å². The maximum Gasteiger partial charge on any atom is 0.0991 e. The molecule has 1 aliphatic heterocycles. The molecular weight excluding hydrogens is 649 g/mol. The van der Waals surface area contributed by atoms with Crippen LogP contribution in [0.25, 0.3) is 0 Å². The second kappa shape index (κ2) is 13.6. The Bertz CT molecular complexity index is 2170. The van der Waals surface area contributed by atoms with Gasteiger partial charge in [0.15, 0.2) is 0 Å². The van der Waals surface area contributed by atoms with E-state index in [0.717, 1.165) is 45.6 Å². The number of fused-ring (bicyclic) bond motifs is 2. The molecule has 4 heteroatoms. The van der Waals surface area contributed by atoms with Crippen LogP contribution in [0.3, 0.4) is 0 Å². The minimum Gasteiger partial charge on any atom is -0.463 e. The lowest BCUT2D eigenvalue weighted by molar-refractivity contribution is 0.487. The van der Waals surface area contributed by atoms with Crippen molar-refractivity contribution < 1.29 is 4.74 Å². The van der Waals surface area contributed by atoms with Gasteiger partial charge in [-0.3, -0.25) is 0 Å². The van der Waals surface area contributed by atoms with Crippen molar-refractivity contribution in [3.8, 4) is 11.5 Å². The largest absolute Gasteiger partial charge is 0.463 e. The van der Waals surface area contributed by atoms with E-state index in [1.807, 2.05) is 0 Å². The average Bonchev–Trinajstić information content (AvgIpc) is 3.22. The Morgan fingerprint density at radius 2 is 0.577 bits per heavy atom. The first-order chi connectivity index (χ1) is 25.8. The fourth-order valence-electron chi connectivity index (χ4n) is 7.72. The number of ether oxygens (including phenoxy) is 1. The second-order valence-electron chi connectivity index (χ2n) is 13.0. The first-order valence-electron chi connectivity index (χ1n) is 17.7. The molecule has 0 amide bonds. The number of hydrogen-bond acceptors (Lipinski definition) is 3. The molecule has 249 valence electrons. The summed E-state index contributed by atoms with van der Waals surface area (Å²) in [5.74, 6) is 1.76. The summed E-state index contributed by atoms with van der Waals surface area (Å²) in [5, 5.41) is 5.10. The molecule has 0 spiro atoms. The van der Waals surface area contributed by atoms with E-state index in [-0.39, 0.29) is 0 Å². The molecule has 9 rings (SSSR count). The van der Waals surface area contributed by atoms with E-state index in [0.29, 0.717) is 0 Å². The zero-order valence-electron chi connectivity index (χ0n) is 28.6. The van der Waals surface area contributed by atoms with Crippen LogP contribution in [0.1, 0.15) is 0 Å². The maximum absolute atomic E-state index is 7.18. The normalized spacial score (nSPS) is 12.5. The SMILES string of the molecule is c1ccc(N(c2ccccc2)c2ccc3c(c2)Oc2cc(N(c4ccccc4)c4ccccc4)ccc2[Si-]3(c2ccccc2)c2ccccc2)cc1. The van der Waals surface area contributed by atoms with Gasteiger partial charge < -0.3 is 14.5 Å². The highest BCUT2D eigenvalue weighted by atomic mass is 28.3. The monoisotopic (exact) mass is 684 g/mol. The predicted molar refractivity (Wildman–Crippen MR) is 219 cm³/mol. The maximum atomic E-state index is 7.18. The number of anilines is 6. The zero-order chi connectivity index (χ0) is 34.7. The molecule has 0 bridgehead atoms.